The Balaban J connectivity index is 1.27. The van der Waals surface area contributed by atoms with E-state index >= 15 is 0 Å². The molecule has 6 nitrogen and oxygen atoms in total. The molecule has 0 radical (unpaired) electrons. The molecule has 28 heavy (non-hydrogen) atoms. The summed E-state index contributed by atoms with van der Waals surface area (Å²) in [5.74, 6) is 1.57. The predicted molar refractivity (Wildman–Crippen MR) is 105 cm³/mol. The Hall–Kier alpha value is -2.73. The minimum atomic E-state index is -0.0240. The fourth-order valence-corrected chi connectivity index (χ4v) is 3.57. The number of carbonyl (C=O) groups excluding carboxylic acids is 2. The summed E-state index contributed by atoms with van der Waals surface area (Å²) < 4.78 is 10.7. The zero-order valence-corrected chi connectivity index (χ0v) is 16.2. The van der Waals surface area contributed by atoms with E-state index in [-0.39, 0.29) is 18.6 Å². The van der Waals surface area contributed by atoms with Gasteiger partial charge in [0.15, 0.2) is 11.5 Å². The second kappa shape index (κ2) is 8.10. The van der Waals surface area contributed by atoms with Crippen molar-refractivity contribution in [1.29, 1.82) is 0 Å². The molecule has 7 heteroatoms. The quantitative estimate of drug-likeness (QED) is 0.791. The minimum Gasteiger partial charge on any atom is -0.454 e. The van der Waals surface area contributed by atoms with Crippen LogP contribution < -0.4 is 9.47 Å². The van der Waals surface area contributed by atoms with Gasteiger partial charge in [0.05, 0.1) is 0 Å². The minimum absolute atomic E-state index is 0.0240. The number of rotatable bonds is 4. The smallest absolute Gasteiger partial charge is 0.253 e. The largest absolute Gasteiger partial charge is 0.454 e. The maximum absolute atomic E-state index is 12.5. The summed E-state index contributed by atoms with van der Waals surface area (Å²) in [7, 11) is 0. The molecule has 2 aromatic carbocycles. The van der Waals surface area contributed by atoms with Gasteiger partial charge in [-0.1, -0.05) is 17.7 Å². The number of halogens is 1. The van der Waals surface area contributed by atoms with Crippen LogP contribution in [0, 0.1) is 0 Å². The van der Waals surface area contributed by atoms with Gasteiger partial charge in [-0.3, -0.25) is 9.59 Å². The molecule has 0 bridgehead atoms. The van der Waals surface area contributed by atoms with Gasteiger partial charge >= 0.3 is 0 Å². The van der Waals surface area contributed by atoms with Crippen LogP contribution in [0.4, 0.5) is 0 Å². The summed E-state index contributed by atoms with van der Waals surface area (Å²) in [4.78, 5) is 28.7. The fourth-order valence-electron chi connectivity index (χ4n) is 3.44. The van der Waals surface area contributed by atoms with Crippen molar-refractivity contribution in [3.63, 3.8) is 0 Å². The molecule has 2 aromatic rings. The summed E-state index contributed by atoms with van der Waals surface area (Å²) in [5, 5.41) is 0.606. The van der Waals surface area contributed by atoms with Crippen molar-refractivity contribution in [1.82, 2.24) is 9.80 Å². The van der Waals surface area contributed by atoms with E-state index in [0.717, 1.165) is 17.1 Å². The molecule has 2 aliphatic rings. The van der Waals surface area contributed by atoms with Crippen molar-refractivity contribution in [2.24, 2.45) is 0 Å². The lowest BCUT2D eigenvalue weighted by Gasteiger charge is -2.35. The number of piperazine rings is 1. The van der Waals surface area contributed by atoms with Gasteiger partial charge in [0, 0.05) is 43.2 Å². The number of hydrogen-bond donors (Lipinski definition) is 0. The normalized spacial score (nSPS) is 15.6. The fraction of sp³-hybridized carbons (Fsp3) is 0.333. The van der Waals surface area contributed by atoms with Crippen LogP contribution in [0.3, 0.4) is 0 Å². The third-order valence-electron chi connectivity index (χ3n) is 5.08. The van der Waals surface area contributed by atoms with E-state index in [9.17, 15) is 9.59 Å². The van der Waals surface area contributed by atoms with Crippen molar-refractivity contribution in [3.8, 4) is 11.5 Å². The van der Waals surface area contributed by atoms with Gasteiger partial charge in [0.1, 0.15) is 0 Å². The van der Waals surface area contributed by atoms with Crippen molar-refractivity contribution in [2.75, 3.05) is 33.0 Å². The van der Waals surface area contributed by atoms with Crippen LogP contribution in [-0.4, -0.2) is 54.6 Å². The van der Waals surface area contributed by atoms with Crippen molar-refractivity contribution in [2.45, 2.75) is 12.8 Å². The lowest BCUT2D eigenvalue weighted by molar-refractivity contribution is -0.132. The van der Waals surface area contributed by atoms with E-state index in [1.165, 1.54) is 0 Å². The summed E-state index contributed by atoms with van der Waals surface area (Å²) in [5.41, 5.74) is 1.67. The van der Waals surface area contributed by atoms with Gasteiger partial charge in [-0.15, -0.1) is 0 Å². The average molecular weight is 401 g/mol. The monoisotopic (exact) mass is 400 g/mol. The molecular formula is C21H21ClN2O4. The number of carbonyl (C=O) groups is 2. The maximum Gasteiger partial charge on any atom is 0.253 e. The molecule has 2 aliphatic heterocycles. The average Bonchev–Trinajstić information content (AvgIpc) is 3.20. The molecule has 2 heterocycles. The summed E-state index contributed by atoms with van der Waals surface area (Å²) in [6.07, 6.45) is 1.09. The Labute approximate surface area is 168 Å². The van der Waals surface area contributed by atoms with Crippen LogP contribution in [0.25, 0.3) is 0 Å². The Morgan fingerprint density at radius 3 is 2.32 bits per heavy atom. The van der Waals surface area contributed by atoms with Crippen LogP contribution in [0.5, 0.6) is 11.5 Å². The first kappa shape index (κ1) is 18.6. The Morgan fingerprint density at radius 1 is 0.893 bits per heavy atom. The molecule has 0 aromatic heterocycles. The first-order chi connectivity index (χ1) is 13.6. The van der Waals surface area contributed by atoms with E-state index in [1.54, 1.807) is 29.2 Å². The standard InChI is InChI=1S/C21H21ClN2O4/c22-17-5-3-16(4-6-17)21(26)24-11-9-23(10-12-24)20(25)8-2-15-1-7-18-19(13-15)28-14-27-18/h1,3-7,13H,2,8-12,14H2. The summed E-state index contributed by atoms with van der Waals surface area (Å²) >= 11 is 5.88. The third kappa shape index (κ3) is 4.07. The molecule has 1 fully saturated rings. The molecule has 0 spiro atoms. The third-order valence-corrected chi connectivity index (χ3v) is 5.33. The highest BCUT2D eigenvalue weighted by Crippen LogP contribution is 2.32. The van der Waals surface area contributed by atoms with Crippen LogP contribution in [0.1, 0.15) is 22.3 Å². The molecule has 0 N–H and O–H groups in total. The number of amides is 2. The Bertz CT molecular complexity index is 876. The number of benzene rings is 2. The molecule has 1 saturated heterocycles. The first-order valence-electron chi connectivity index (χ1n) is 9.31. The Morgan fingerprint density at radius 2 is 1.57 bits per heavy atom. The molecule has 0 saturated carbocycles. The SMILES string of the molecule is O=C(CCc1ccc2c(c1)OCO2)N1CCN(C(=O)c2ccc(Cl)cc2)CC1. The van der Waals surface area contributed by atoms with Crippen LogP contribution >= 0.6 is 11.6 Å². The van der Waals surface area contributed by atoms with Gasteiger partial charge in [-0.2, -0.15) is 0 Å². The summed E-state index contributed by atoms with van der Waals surface area (Å²) in [6, 6.07) is 12.7. The topological polar surface area (TPSA) is 59.1 Å². The number of ether oxygens (including phenoxy) is 2. The number of fused-ring (bicyclic) bond motifs is 1. The van der Waals surface area contributed by atoms with E-state index < -0.39 is 0 Å². The zero-order valence-electron chi connectivity index (χ0n) is 15.4. The van der Waals surface area contributed by atoms with Gasteiger partial charge in [-0.25, -0.2) is 0 Å². The van der Waals surface area contributed by atoms with E-state index in [2.05, 4.69) is 0 Å². The number of hydrogen-bond acceptors (Lipinski definition) is 4. The molecule has 0 atom stereocenters. The second-order valence-corrected chi connectivity index (χ2v) is 7.30. The molecule has 146 valence electrons. The highest BCUT2D eigenvalue weighted by molar-refractivity contribution is 6.30. The van der Waals surface area contributed by atoms with Gasteiger partial charge in [0.2, 0.25) is 12.7 Å². The van der Waals surface area contributed by atoms with Crippen molar-refractivity contribution in [3.05, 3.63) is 58.6 Å². The van der Waals surface area contributed by atoms with Gasteiger partial charge in [0.25, 0.3) is 5.91 Å². The van der Waals surface area contributed by atoms with Crippen molar-refractivity contribution < 1.29 is 19.1 Å². The van der Waals surface area contributed by atoms with E-state index in [0.29, 0.717) is 49.6 Å². The predicted octanol–water partition coefficient (Wildman–Crippen LogP) is 2.99. The highest BCUT2D eigenvalue weighted by atomic mass is 35.5. The molecule has 2 amide bonds. The highest BCUT2D eigenvalue weighted by Gasteiger charge is 2.24. The lowest BCUT2D eigenvalue weighted by Crippen LogP contribution is -2.50. The van der Waals surface area contributed by atoms with Crippen LogP contribution in [0.2, 0.25) is 5.02 Å². The zero-order chi connectivity index (χ0) is 19.5. The van der Waals surface area contributed by atoms with Crippen LogP contribution in [0.15, 0.2) is 42.5 Å². The number of aryl methyl sites for hydroxylation is 1. The molecule has 0 aliphatic carbocycles. The Kier molecular flexibility index (Phi) is 5.39. The van der Waals surface area contributed by atoms with Crippen molar-refractivity contribution >= 4 is 23.4 Å². The second-order valence-electron chi connectivity index (χ2n) is 6.87. The first-order valence-corrected chi connectivity index (χ1v) is 9.69. The molecular weight excluding hydrogens is 380 g/mol. The van der Waals surface area contributed by atoms with E-state index in [4.69, 9.17) is 21.1 Å². The van der Waals surface area contributed by atoms with Gasteiger partial charge in [-0.05, 0) is 48.4 Å². The van der Waals surface area contributed by atoms with Crippen LogP contribution in [-0.2, 0) is 11.2 Å². The van der Waals surface area contributed by atoms with Gasteiger partial charge < -0.3 is 19.3 Å². The molecule has 4 rings (SSSR count). The maximum atomic E-state index is 12.5. The summed E-state index contributed by atoms with van der Waals surface area (Å²) in [6.45, 7) is 2.43. The lowest BCUT2D eigenvalue weighted by atomic mass is 10.1. The molecule has 0 unspecified atom stereocenters. The number of nitrogens with zero attached hydrogens (tertiary/aromatic N) is 2. The van der Waals surface area contributed by atoms with E-state index in [1.807, 2.05) is 23.1 Å².